The van der Waals surface area contributed by atoms with Gasteiger partial charge in [0.05, 0.1) is 13.7 Å². The second kappa shape index (κ2) is 7.43. The Balaban J connectivity index is 1.83. The molecule has 0 saturated heterocycles. The van der Waals surface area contributed by atoms with Gasteiger partial charge in [0.15, 0.2) is 0 Å². The van der Waals surface area contributed by atoms with Crippen LogP contribution in [0.4, 0.5) is 0 Å². The highest BCUT2D eigenvalue weighted by Gasteiger charge is 2.20. The van der Waals surface area contributed by atoms with Crippen molar-refractivity contribution in [3.05, 3.63) is 23.8 Å². The third-order valence-electron chi connectivity index (χ3n) is 3.38. The van der Waals surface area contributed by atoms with Crippen molar-refractivity contribution in [2.24, 2.45) is 5.92 Å². The zero-order chi connectivity index (χ0) is 14.4. The summed E-state index contributed by atoms with van der Waals surface area (Å²) in [5, 5.41) is 2.98. The standard InChI is InChI=1S/C15H21NO3S/c1-18-13-4-3-12-7-11(10-19-14(12)8-13)9-16-15(17)5-6-20-2/h3-4,8,11H,5-7,9-10H2,1-2H3,(H,16,17). The van der Waals surface area contributed by atoms with E-state index in [4.69, 9.17) is 9.47 Å². The molecule has 1 aliphatic heterocycles. The van der Waals surface area contributed by atoms with Crippen molar-refractivity contribution in [3.8, 4) is 11.5 Å². The minimum absolute atomic E-state index is 0.125. The summed E-state index contributed by atoms with van der Waals surface area (Å²) in [5.41, 5.74) is 1.18. The molecule has 1 atom stereocenters. The molecule has 1 amide bonds. The number of benzene rings is 1. The van der Waals surface area contributed by atoms with Crippen LogP contribution in [0.1, 0.15) is 12.0 Å². The van der Waals surface area contributed by atoms with Crippen molar-refractivity contribution < 1.29 is 14.3 Å². The monoisotopic (exact) mass is 295 g/mol. The number of amides is 1. The van der Waals surface area contributed by atoms with Gasteiger partial charge in [-0.15, -0.1) is 0 Å². The van der Waals surface area contributed by atoms with Crippen LogP contribution in [-0.2, 0) is 11.2 Å². The molecule has 110 valence electrons. The summed E-state index contributed by atoms with van der Waals surface area (Å²) in [6.45, 7) is 1.32. The molecule has 20 heavy (non-hydrogen) atoms. The number of methoxy groups -OCH3 is 1. The number of nitrogens with one attached hydrogen (secondary N) is 1. The Labute approximate surface area is 124 Å². The number of hydrogen-bond donors (Lipinski definition) is 1. The van der Waals surface area contributed by atoms with Crippen LogP contribution in [0.5, 0.6) is 11.5 Å². The topological polar surface area (TPSA) is 47.6 Å². The zero-order valence-electron chi connectivity index (χ0n) is 12.0. The van der Waals surface area contributed by atoms with Gasteiger partial charge < -0.3 is 14.8 Å². The fourth-order valence-electron chi connectivity index (χ4n) is 2.21. The maximum Gasteiger partial charge on any atom is 0.220 e. The zero-order valence-corrected chi connectivity index (χ0v) is 12.8. The lowest BCUT2D eigenvalue weighted by Crippen LogP contribution is -2.34. The molecule has 1 N–H and O–H groups in total. The Hall–Kier alpha value is -1.36. The first-order valence-corrected chi connectivity index (χ1v) is 8.17. The molecular weight excluding hydrogens is 274 g/mol. The number of thioether (sulfide) groups is 1. The summed E-state index contributed by atoms with van der Waals surface area (Å²) in [5.74, 6) is 3.05. The lowest BCUT2D eigenvalue weighted by Gasteiger charge is -2.25. The van der Waals surface area contributed by atoms with E-state index in [0.29, 0.717) is 25.5 Å². The predicted octanol–water partition coefficient (Wildman–Crippen LogP) is 2.12. The summed E-state index contributed by atoms with van der Waals surface area (Å²) < 4.78 is 10.9. The summed E-state index contributed by atoms with van der Waals surface area (Å²) in [6, 6.07) is 5.90. The summed E-state index contributed by atoms with van der Waals surface area (Å²) in [6.07, 6.45) is 3.53. The second-order valence-electron chi connectivity index (χ2n) is 4.90. The van der Waals surface area contributed by atoms with Crippen LogP contribution in [-0.4, -0.2) is 38.2 Å². The van der Waals surface area contributed by atoms with Crippen molar-refractivity contribution in [3.63, 3.8) is 0 Å². The lowest BCUT2D eigenvalue weighted by atomic mass is 9.96. The molecule has 0 saturated carbocycles. The van der Waals surface area contributed by atoms with Gasteiger partial charge in [0, 0.05) is 30.7 Å². The first-order chi connectivity index (χ1) is 9.72. The Bertz CT molecular complexity index is 464. The van der Waals surface area contributed by atoms with Gasteiger partial charge in [0.2, 0.25) is 5.91 Å². The van der Waals surface area contributed by atoms with Crippen molar-refractivity contribution in [2.45, 2.75) is 12.8 Å². The Morgan fingerprint density at radius 3 is 3.15 bits per heavy atom. The third kappa shape index (κ3) is 4.07. The SMILES string of the molecule is COc1ccc2c(c1)OCC(CNC(=O)CCSC)C2. The van der Waals surface area contributed by atoms with E-state index in [1.807, 2.05) is 24.5 Å². The van der Waals surface area contributed by atoms with Crippen LogP contribution in [0.2, 0.25) is 0 Å². The highest BCUT2D eigenvalue weighted by molar-refractivity contribution is 7.98. The van der Waals surface area contributed by atoms with Crippen LogP contribution in [0.3, 0.4) is 0 Å². The molecule has 1 unspecified atom stereocenters. The van der Waals surface area contributed by atoms with Gasteiger partial charge in [-0.3, -0.25) is 4.79 Å². The van der Waals surface area contributed by atoms with Crippen LogP contribution < -0.4 is 14.8 Å². The first-order valence-electron chi connectivity index (χ1n) is 6.78. The Morgan fingerprint density at radius 1 is 1.55 bits per heavy atom. The van der Waals surface area contributed by atoms with Crippen molar-refractivity contribution in [2.75, 3.05) is 32.3 Å². The molecule has 4 nitrogen and oxygen atoms in total. The average molecular weight is 295 g/mol. The van der Waals surface area contributed by atoms with Gasteiger partial charge in [-0.2, -0.15) is 11.8 Å². The Kier molecular flexibility index (Phi) is 5.59. The molecule has 5 heteroatoms. The van der Waals surface area contributed by atoms with Crippen LogP contribution >= 0.6 is 11.8 Å². The Morgan fingerprint density at radius 2 is 2.40 bits per heavy atom. The molecule has 2 rings (SSSR count). The highest BCUT2D eigenvalue weighted by Crippen LogP contribution is 2.30. The number of carbonyl (C=O) groups excluding carboxylic acids is 1. The third-order valence-corrected chi connectivity index (χ3v) is 3.99. The van der Waals surface area contributed by atoms with E-state index in [1.165, 1.54) is 5.56 Å². The maximum atomic E-state index is 11.6. The lowest BCUT2D eigenvalue weighted by molar-refractivity contribution is -0.120. The second-order valence-corrected chi connectivity index (χ2v) is 5.89. The fraction of sp³-hybridized carbons (Fsp3) is 0.533. The molecule has 0 fully saturated rings. The van der Waals surface area contributed by atoms with Gasteiger partial charge in [0.25, 0.3) is 0 Å². The minimum Gasteiger partial charge on any atom is -0.497 e. The fourth-order valence-corrected chi connectivity index (χ4v) is 2.60. The van der Waals surface area contributed by atoms with Crippen molar-refractivity contribution in [1.82, 2.24) is 5.32 Å². The molecule has 0 radical (unpaired) electrons. The average Bonchev–Trinajstić information content (AvgIpc) is 2.50. The molecule has 0 aromatic heterocycles. The van der Waals surface area contributed by atoms with E-state index < -0.39 is 0 Å². The molecular formula is C15H21NO3S. The van der Waals surface area contributed by atoms with Gasteiger partial charge in [0.1, 0.15) is 11.5 Å². The number of ether oxygens (including phenoxy) is 2. The minimum atomic E-state index is 0.125. The first kappa shape index (κ1) is 15.0. The van der Waals surface area contributed by atoms with E-state index in [-0.39, 0.29) is 5.91 Å². The molecule has 0 aliphatic carbocycles. The molecule has 0 bridgehead atoms. The van der Waals surface area contributed by atoms with E-state index in [9.17, 15) is 4.79 Å². The summed E-state index contributed by atoms with van der Waals surface area (Å²) in [7, 11) is 1.65. The molecule has 0 spiro atoms. The molecule has 1 heterocycles. The highest BCUT2D eigenvalue weighted by atomic mass is 32.2. The quantitative estimate of drug-likeness (QED) is 0.873. The van der Waals surface area contributed by atoms with Crippen LogP contribution in [0.15, 0.2) is 18.2 Å². The van der Waals surface area contributed by atoms with Crippen LogP contribution in [0.25, 0.3) is 0 Å². The largest absolute Gasteiger partial charge is 0.497 e. The predicted molar refractivity (Wildman–Crippen MR) is 81.7 cm³/mol. The number of hydrogen-bond acceptors (Lipinski definition) is 4. The van der Waals surface area contributed by atoms with Gasteiger partial charge in [-0.1, -0.05) is 6.07 Å². The molecule has 1 aromatic rings. The number of carbonyl (C=O) groups is 1. The van der Waals surface area contributed by atoms with Gasteiger partial charge >= 0.3 is 0 Å². The van der Waals surface area contributed by atoms with Crippen molar-refractivity contribution >= 4 is 17.7 Å². The van der Waals surface area contributed by atoms with E-state index >= 15 is 0 Å². The van der Waals surface area contributed by atoms with Gasteiger partial charge in [-0.25, -0.2) is 0 Å². The summed E-state index contributed by atoms with van der Waals surface area (Å²) in [4.78, 5) is 11.6. The van der Waals surface area contributed by atoms with E-state index in [2.05, 4.69) is 5.32 Å². The number of rotatable bonds is 6. The van der Waals surface area contributed by atoms with Gasteiger partial charge in [-0.05, 0) is 24.3 Å². The molecule has 1 aromatic carbocycles. The summed E-state index contributed by atoms with van der Waals surface area (Å²) >= 11 is 1.69. The van der Waals surface area contributed by atoms with Crippen LogP contribution in [0, 0.1) is 5.92 Å². The normalized spacial score (nSPS) is 17.0. The van der Waals surface area contributed by atoms with E-state index in [1.54, 1.807) is 18.9 Å². The number of fused-ring (bicyclic) bond motifs is 1. The smallest absolute Gasteiger partial charge is 0.220 e. The van der Waals surface area contributed by atoms with E-state index in [0.717, 1.165) is 23.7 Å². The van der Waals surface area contributed by atoms with Crippen molar-refractivity contribution in [1.29, 1.82) is 0 Å². The maximum absolute atomic E-state index is 11.6. The molecule has 1 aliphatic rings.